The Balaban J connectivity index is 1.70. The van der Waals surface area contributed by atoms with Gasteiger partial charge in [-0.1, -0.05) is 12.2 Å². The van der Waals surface area contributed by atoms with E-state index in [2.05, 4.69) is 43.7 Å². The van der Waals surface area contributed by atoms with Gasteiger partial charge in [0.15, 0.2) is 10.6 Å². The third kappa shape index (κ3) is 3.91. The Hall–Kier alpha value is -1.23. The smallest absolute Gasteiger partial charge is 0.191 e. The number of furan rings is 1. The summed E-state index contributed by atoms with van der Waals surface area (Å²) in [7, 11) is 1.79. The summed E-state index contributed by atoms with van der Waals surface area (Å²) in [5, 5.41) is 6.68. The summed E-state index contributed by atoms with van der Waals surface area (Å²) >= 11 is 3.29. The third-order valence-electron chi connectivity index (χ3n) is 2.87. The lowest BCUT2D eigenvalue weighted by atomic mass is 10.2. The van der Waals surface area contributed by atoms with Crippen LogP contribution in [0.1, 0.15) is 18.6 Å². The van der Waals surface area contributed by atoms with Crippen LogP contribution in [0.4, 0.5) is 0 Å². The maximum atomic E-state index is 5.44. The van der Waals surface area contributed by atoms with Crippen LogP contribution in [0.15, 0.2) is 38.4 Å². The van der Waals surface area contributed by atoms with E-state index in [9.17, 15) is 0 Å². The molecule has 0 radical (unpaired) electrons. The van der Waals surface area contributed by atoms with E-state index in [4.69, 9.17) is 4.42 Å². The van der Waals surface area contributed by atoms with E-state index in [1.54, 1.807) is 7.05 Å². The lowest BCUT2D eigenvalue weighted by Crippen LogP contribution is -2.43. The highest BCUT2D eigenvalue weighted by molar-refractivity contribution is 9.10. The second-order valence-corrected chi connectivity index (χ2v) is 5.02. The van der Waals surface area contributed by atoms with Gasteiger partial charge in [0.25, 0.3) is 0 Å². The van der Waals surface area contributed by atoms with Crippen LogP contribution in [0.3, 0.4) is 0 Å². The SMILES string of the molecule is CN=C(NCCc1ccc(Br)o1)NC1CC=CC1. The Bertz CT molecular complexity index is 431. The number of guanidine groups is 1. The molecule has 0 bridgehead atoms. The molecule has 1 aliphatic rings. The van der Waals surface area contributed by atoms with Crippen molar-refractivity contribution in [1.82, 2.24) is 10.6 Å². The molecule has 18 heavy (non-hydrogen) atoms. The van der Waals surface area contributed by atoms with Crippen LogP contribution in [-0.4, -0.2) is 25.6 Å². The normalized spacial score (nSPS) is 16.2. The molecule has 2 N–H and O–H groups in total. The minimum absolute atomic E-state index is 0.481. The fourth-order valence-electron chi connectivity index (χ4n) is 1.91. The number of hydrogen-bond acceptors (Lipinski definition) is 2. The van der Waals surface area contributed by atoms with Gasteiger partial charge in [0.1, 0.15) is 5.76 Å². The van der Waals surface area contributed by atoms with Gasteiger partial charge in [0.2, 0.25) is 0 Å². The van der Waals surface area contributed by atoms with Gasteiger partial charge in [-0.05, 0) is 40.9 Å². The molecule has 1 aromatic heterocycles. The molecule has 5 heteroatoms. The van der Waals surface area contributed by atoms with Gasteiger partial charge in [-0.2, -0.15) is 0 Å². The second-order valence-electron chi connectivity index (χ2n) is 4.24. The van der Waals surface area contributed by atoms with E-state index < -0.39 is 0 Å². The van der Waals surface area contributed by atoms with Crippen LogP contribution < -0.4 is 10.6 Å². The zero-order chi connectivity index (χ0) is 12.8. The molecule has 0 spiro atoms. The number of halogens is 1. The van der Waals surface area contributed by atoms with Crippen molar-refractivity contribution in [3.63, 3.8) is 0 Å². The first-order valence-electron chi connectivity index (χ1n) is 6.14. The van der Waals surface area contributed by atoms with Crippen molar-refractivity contribution in [2.24, 2.45) is 4.99 Å². The molecule has 0 aliphatic heterocycles. The predicted octanol–water partition coefficient (Wildman–Crippen LogP) is 2.47. The molecule has 0 amide bonds. The molecule has 2 rings (SSSR count). The largest absolute Gasteiger partial charge is 0.454 e. The van der Waals surface area contributed by atoms with Gasteiger partial charge >= 0.3 is 0 Å². The molecular weight excluding hydrogens is 294 g/mol. The fourth-order valence-corrected chi connectivity index (χ4v) is 2.25. The van der Waals surface area contributed by atoms with Gasteiger partial charge in [0, 0.05) is 26.1 Å². The highest BCUT2D eigenvalue weighted by Gasteiger charge is 2.11. The quantitative estimate of drug-likeness (QED) is 0.510. The predicted molar refractivity (Wildman–Crippen MR) is 76.8 cm³/mol. The number of hydrogen-bond donors (Lipinski definition) is 2. The first-order chi connectivity index (χ1) is 8.78. The zero-order valence-corrected chi connectivity index (χ0v) is 12.0. The maximum absolute atomic E-state index is 5.44. The number of aliphatic imine (C=N–C) groups is 1. The minimum atomic E-state index is 0.481. The Morgan fingerprint density at radius 1 is 1.44 bits per heavy atom. The van der Waals surface area contributed by atoms with Crippen molar-refractivity contribution < 1.29 is 4.42 Å². The van der Waals surface area contributed by atoms with Gasteiger partial charge in [-0.3, -0.25) is 4.99 Å². The molecule has 0 unspecified atom stereocenters. The van der Waals surface area contributed by atoms with Gasteiger partial charge < -0.3 is 15.1 Å². The third-order valence-corrected chi connectivity index (χ3v) is 3.29. The number of nitrogens with one attached hydrogen (secondary N) is 2. The van der Waals surface area contributed by atoms with E-state index in [0.717, 1.165) is 42.2 Å². The summed E-state index contributed by atoms with van der Waals surface area (Å²) in [5.41, 5.74) is 0. The van der Waals surface area contributed by atoms with Crippen molar-refractivity contribution in [2.45, 2.75) is 25.3 Å². The lowest BCUT2D eigenvalue weighted by molar-refractivity contribution is 0.485. The fraction of sp³-hybridized carbons (Fsp3) is 0.462. The topological polar surface area (TPSA) is 49.6 Å². The first-order valence-corrected chi connectivity index (χ1v) is 6.93. The van der Waals surface area contributed by atoms with E-state index in [1.807, 2.05) is 12.1 Å². The number of rotatable bonds is 4. The van der Waals surface area contributed by atoms with Crippen LogP contribution in [0.25, 0.3) is 0 Å². The van der Waals surface area contributed by atoms with Gasteiger partial charge in [0.05, 0.1) is 0 Å². The summed E-state index contributed by atoms with van der Waals surface area (Å²) in [5.74, 6) is 1.82. The van der Waals surface area contributed by atoms with E-state index in [1.165, 1.54) is 0 Å². The van der Waals surface area contributed by atoms with Crippen LogP contribution >= 0.6 is 15.9 Å². The summed E-state index contributed by atoms with van der Waals surface area (Å²) in [6.07, 6.45) is 7.39. The van der Waals surface area contributed by atoms with Crippen molar-refractivity contribution >= 4 is 21.9 Å². The van der Waals surface area contributed by atoms with E-state index in [-0.39, 0.29) is 0 Å². The Kier molecular flexibility index (Phi) is 4.87. The van der Waals surface area contributed by atoms with E-state index in [0.29, 0.717) is 6.04 Å². The second kappa shape index (κ2) is 6.64. The van der Waals surface area contributed by atoms with E-state index >= 15 is 0 Å². The minimum Gasteiger partial charge on any atom is -0.454 e. The molecule has 0 saturated carbocycles. The average molecular weight is 312 g/mol. The van der Waals surface area contributed by atoms with Crippen molar-refractivity contribution in [2.75, 3.05) is 13.6 Å². The first kappa shape index (κ1) is 13.2. The molecule has 1 aliphatic carbocycles. The number of nitrogens with zero attached hydrogens (tertiary/aromatic N) is 1. The summed E-state index contributed by atoms with van der Waals surface area (Å²) in [4.78, 5) is 4.21. The van der Waals surface area contributed by atoms with Crippen LogP contribution in [0.5, 0.6) is 0 Å². The lowest BCUT2D eigenvalue weighted by Gasteiger charge is -2.16. The van der Waals surface area contributed by atoms with Crippen molar-refractivity contribution in [3.05, 3.63) is 34.7 Å². The van der Waals surface area contributed by atoms with Crippen LogP contribution in [0.2, 0.25) is 0 Å². The summed E-state index contributed by atoms with van der Waals surface area (Å²) in [6.45, 7) is 0.805. The molecule has 98 valence electrons. The molecule has 0 aromatic carbocycles. The Morgan fingerprint density at radius 3 is 2.83 bits per heavy atom. The monoisotopic (exact) mass is 311 g/mol. The van der Waals surface area contributed by atoms with Crippen LogP contribution in [0, 0.1) is 0 Å². The average Bonchev–Trinajstić information content (AvgIpc) is 3.00. The van der Waals surface area contributed by atoms with Crippen molar-refractivity contribution in [3.8, 4) is 0 Å². The maximum Gasteiger partial charge on any atom is 0.191 e. The zero-order valence-electron chi connectivity index (χ0n) is 10.4. The summed E-state index contributed by atoms with van der Waals surface area (Å²) < 4.78 is 6.21. The van der Waals surface area contributed by atoms with Crippen LogP contribution in [-0.2, 0) is 6.42 Å². The highest BCUT2D eigenvalue weighted by atomic mass is 79.9. The van der Waals surface area contributed by atoms with Crippen molar-refractivity contribution in [1.29, 1.82) is 0 Å². The van der Waals surface area contributed by atoms with Gasteiger partial charge in [-0.15, -0.1) is 0 Å². The highest BCUT2D eigenvalue weighted by Crippen LogP contribution is 2.14. The molecule has 1 heterocycles. The Labute approximate surface area is 116 Å². The molecule has 4 nitrogen and oxygen atoms in total. The molecule has 0 atom stereocenters. The molecule has 0 fully saturated rings. The molecular formula is C13H18BrN3O. The molecule has 1 aromatic rings. The standard InChI is InChI=1S/C13H18BrN3O/c1-15-13(17-10-4-2-3-5-10)16-9-8-11-6-7-12(14)18-11/h2-3,6-7,10H,4-5,8-9H2,1H3,(H2,15,16,17). The van der Waals surface area contributed by atoms with Gasteiger partial charge in [-0.25, -0.2) is 0 Å². The summed E-state index contributed by atoms with van der Waals surface area (Å²) in [6, 6.07) is 4.36. The molecule has 0 saturated heterocycles. The Morgan fingerprint density at radius 2 is 2.22 bits per heavy atom.